The summed E-state index contributed by atoms with van der Waals surface area (Å²) in [5.41, 5.74) is 2.48. The fourth-order valence-corrected chi connectivity index (χ4v) is 2.29. The van der Waals surface area contributed by atoms with Crippen molar-refractivity contribution in [2.75, 3.05) is 0 Å². The van der Waals surface area contributed by atoms with E-state index in [2.05, 4.69) is 15.1 Å². The normalized spacial score (nSPS) is 10.8. The molecule has 0 radical (unpaired) electrons. The summed E-state index contributed by atoms with van der Waals surface area (Å²) in [6.07, 6.45) is 4.18. The van der Waals surface area contributed by atoms with Gasteiger partial charge in [-0.05, 0) is 25.8 Å². The zero-order valence-corrected chi connectivity index (χ0v) is 12.6. The van der Waals surface area contributed by atoms with Gasteiger partial charge in [-0.1, -0.05) is 18.5 Å². The molecule has 0 aliphatic rings. The number of hydrogen-bond donors (Lipinski definition) is 0. The van der Waals surface area contributed by atoms with Crippen LogP contribution in [0.5, 0.6) is 0 Å². The second-order valence-corrected chi connectivity index (χ2v) is 4.94. The monoisotopic (exact) mass is 292 g/mol. The highest BCUT2D eigenvalue weighted by molar-refractivity contribution is 6.32. The first kappa shape index (κ1) is 14.7. The van der Waals surface area contributed by atoms with Crippen LogP contribution in [0.2, 0.25) is 5.02 Å². The van der Waals surface area contributed by atoms with Crippen molar-refractivity contribution in [2.45, 2.75) is 40.2 Å². The average molecular weight is 293 g/mol. The topological polar surface area (TPSA) is 60.7 Å². The molecular formula is C14H17ClN4O. The molecule has 0 saturated carbocycles. The number of aromatic nitrogens is 4. The van der Waals surface area contributed by atoms with Crippen LogP contribution in [0.25, 0.3) is 0 Å². The van der Waals surface area contributed by atoms with Crippen molar-refractivity contribution >= 4 is 17.4 Å². The third-order valence-electron chi connectivity index (χ3n) is 3.05. The third-order valence-corrected chi connectivity index (χ3v) is 3.49. The van der Waals surface area contributed by atoms with E-state index >= 15 is 0 Å². The Hall–Kier alpha value is -1.75. The minimum absolute atomic E-state index is 0.149. The maximum Gasteiger partial charge on any atom is 0.206 e. The van der Waals surface area contributed by atoms with Crippen LogP contribution in [0.4, 0.5) is 0 Å². The molecule has 0 bridgehead atoms. The Bertz CT molecular complexity index is 619. The van der Waals surface area contributed by atoms with Gasteiger partial charge in [0.05, 0.1) is 22.8 Å². The molecule has 0 aliphatic heterocycles. The largest absolute Gasteiger partial charge is 0.290 e. The van der Waals surface area contributed by atoms with Gasteiger partial charge in [0.15, 0.2) is 5.82 Å². The van der Waals surface area contributed by atoms with E-state index in [0.717, 1.165) is 23.4 Å². The Balaban J connectivity index is 2.27. The number of hydrogen-bond acceptors (Lipinski definition) is 4. The van der Waals surface area contributed by atoms with E-state index in [0.29, 0.717) is 11.6 Å². The van der Waals surface area contributed by atoms with Crippen molar-refractivity contribution in [3.63, 3.8) is 0 Å². The Morgan fingerprint density at radius 3 is 2.50 bits per heavy atom. The van der Waals surface area contributed by atoms with Gasteiger partial charge in [0.25, 0.3) is 0 Å². The van der Waals surface area contributed by atoms with Gasteiger partial charge >= 0.3 is 0 Å². The molecule has 2 rings (SSSR count). The molecule has 0 unspecified atom stereocenters. The summed E-state index contributed by atoms with van der Waals surface area (Å²) >= 11 is 6.29. The predicted molar refractivity (Wildman–Crippen MR) is 77.1 cm³/mol. The highest BCUT2D eigenvalue weighted by atomic mass is 35.5. The van der Waals surface area contributed by atoms with Crippen LogP contribution in [-0.2, 0) is 19.4 Å². The molecule has 0 spiro atoms. The van der Waals surface area contributed by atoms with Crippen molar-refractivity contribution in [2.24, 2.45) is 0 Å². The Morgan fingerprint density at radius 1 is 1.30 bits per heavy atom. The van der Waals surface area contributed by atoms with Crippen molar-refractivity contribution in [3.8, 4) is 0 Å². The van der Waals surface area contributed by atoms with Crippen LogP contribution in [0, 0.1) is 6.92 Å². The predicted octanol–water partition coefficient (Wildman–Crippen LogP) is 2.64. The van der Waals surface area contributed by atoms with Gasteiger partial charge in [0.1, 0.15) is 0 Å². The SMILES string of the molecule is CCc1nn(CC)c(CC(=O)c2ncc(C)cn2)c1Cl. The summed E-state index contributed by atoms with van der Waals surface area (Å²) in [5.74, 6) is 0.0673. The standard InChI is InChI=1S/C14H17ClN4O/c1-4-10-13(15)11(19(5-2)18-10)6-12(20)14-16-7-9(3)8-17-14/h7-8H,4-6H2,1-3H3. The molecule has 0 aromatic carbocycles. The fraction of sp³-hybridized carbons (Fsp3) is 0.429. The number of carbonyl (C=O) groups is 1. The third kappa shape index (κ3) is 2.88. The summed E-state index contributed by atoms with van der Waals surface area (Å²) < 4.78 is 1.77. The zero-order valence-electron chi connectivity index (χ0n) is 11.9. The summed E-state index contributed by atoms with van der Waals surface area (Å²) in [4.78, 5) is 20.3. The highest BCUT2D eigenvalue weighted by Crippen LogP contribution is 2.22. The maximum atomic E-state index is 12.2. The number of nitrogens with zero attached hydrogens (tertiary/aromatic N) is 4. The number of halogens is 1. The Kier molecular flexibility index (Phi) is 4.49. The van der Waals surface area contributed by atoms with E-state index in [9.17, 15) is 4.79 Å². The minimum Gasteiger partial charge on any atom is -0.290 e. The van der Waals surface area contributed by atoms with E-state index in [1.807, 2.05) is 20.8 Å². The van der Waals surface area contributed by atoms with Crippen molar-refractivity contribution < 1.29 is 4.79 Å². The van der Waals surface area contributed by atoms with E-state index < -0.39 is 0 Å². The average Bonchev–Trinajstić information content (AvgIpc) is 2.76. The van der Waals surface area contributed by atoms with Gasteiger partial charge in [-0.15, -0.1) is 0 Å². The van der Waals surface area contributed by atoms with Gasteiger partial charge in [-0.3, -0.25) is 9.48 Å². The lowest BCUT2D eigenvalue weighted by atomic mass is 10.2. The van der Waals surface area contributed by atoms with Crippen molar-refractivity contribution in [3.05, 3.63) is 40.2 Å². The summed E-state index contributed by atoms with van der Waals surface area (Å²) in [7, 11) is 0. The lowest BCUT2D eigenvalue weighted by molar-refractivity contribution is 0.0980. The lowest BCUT2D eigenvalue weighted by Crippen LogP contribution is -2.12. The number of rotatable bonds is 5. The van der Waals surface area contributed by atoms with Gasteiger partial charge in [0, 0.05) is 18.9 Å². The molecule has 0 atom stereocenters. The molecule has 2 aromatic heterocycles. The minimum atomic E-state index is -0.149. The van der Waals surface area contributed by atoms with Crippen LogP contribution in [0.15, 0.2) is 12.4 Å². The maximum absolute atomic E-state index is 12.2. The van der Waals surface area contributed by atoms with Crippen LogP contribution in [0.1, 0.15) is 41.4 Å². The van der Waals surface area contributed by atoms with E-state index in [4.69, 9.17) is 11.6 Å². The first-order valence-electron chi connectivity index (χ1n) is 6.62. The molecule has 0 amide bonds. The molecule has 5 nitrogen and oxygen atoms in total. The molecule has 0 fully saturated rings. The summed E-state index contributed by atoms with van der Waals surface area (Å²) in [5, 5.41) is 4.98. The van der Waals surface area contributed by atoms with E-state index in [-0.39, 0.29) is 18.0 Å². The second kappa shape index (κ2) is 6.13. The molecule has 0 saturated heterocycles. The molecule has 2 heterocycles. The number of aryl methyl sites for hydroxylation is 3. The van der Waals surface area contributed by atoms with Crippen molar-refractivity contribution in [1.82, 2.24) is 19.7 Å². The summed E-state index contributed by atoms with van der Waals surface area (Å²) in [6, 6.07) is 0. The number of carbonyl (C=O) groups excluding carboxylic acids is 1. The number of Topliss-reactive ketones (excluding diaryl/α,β-unsaturated/α-hetero) is 1. The van der Waals surface area contributed by atoms with Crippen LogP contribution in [0.3, 0.4) is 0 Å². The van der Waals surface area contributed by atoms with E-state index in [1.54, 1.807) is 17.1 Å². The zero-order chi connectivity index (χ0) is 14.7. The van der Waals surface area contributed by atoms with Gasteiger partial charge in [0.2, 0.25) is 5.78 Å². The Morgan fingerprint density at radius 2 is 1.95 bits per heavy atom. The van der Waals surface area contributed by atoms with E-state index in [1.165, 1.54) is 0 Å². The second-order valence-electron chi connectivity index (χ2n) is 4.56. The van der Waals surface area contributed by atoms with Crippen molar-refractivity contribution in [1.29, 1.82) is 0 Å². The van der Waals surface area contributed by atoms with Crippen LogP contribution >= 0.6 is 11.6 Å². The first-order valence-corrected chi connectivity index (χ1v) is 7.00. The van der Waals surface area contributed by atoms with Gasteiger partial charge in [-0.2, -0.15) is 5.10 Å². The molecule has 106 valence electrons. The first-order chi connectivity index (χ1) is 9.56. The van der Waals surface area contributed by atoms with Crippen LogP contribution in [-0.4, -0.2) is 25.5 Å². The molecule has 2 aromatic rings. The smallest absolute Gasteiger partial charge is 0.206 e. The molecule has 20 heavy (non-hydrogen) atoms. The molecule has 0 N–H and O–H groups in total. The van der Waals surface area contributed by atoms with Crippen LogP contribution < -0.4 is 0 Å². The summed E-state index contributed by atoms with van der Waals surface area (Å²) in [6.45, 7) is 6.52. The lowest BCUT2D eigenvalue weighted by Gasteiger charge is -2.04. The van der Waals surface area contributed by atoms with Gasteiger partial charge in [-0.25, -0.2) is 9.97 Å². The molecule has 6 heteroatoms. The molecule has 0 aliphatic carbocycles. The van der Waals surface area contributed by atoms with Gasteiger partial charge < -0.3 is 0 Å². The quantitative estimate of drug-likeness (QED) is 0.795. The molecular weight excluding hydrogens is 276 g/mol. The number of ketones is 1. The highest BCUT2D eigenvalue weighted by Gasteiger charge is 2.19. The fourth-order valence-electron chi connectivity index (χ4n) is 1.95. The Labute approximate surface area is 123 Å².